The third-order valence-corrected chi connectivity index (χ3v) is 4.29. The first-order chi connectivity index (χ1) is 11.1. The first-order valence-corrected chi connectivity index (χ1v) is 7.68. The van der Waals surface area contributed by atoms with Crippen molar-refractivity contribution in [3.63, 3.8) is 0 Å². The van der Waals surface area contributed by atoms with Crippen molar-refractivity contribution >= 4 is 11.4 Å². The Bertz CT molecular complexity index is 713. The highest BCUT2D eigenvalue weighted by atomic mass is 16.6. The molecule has 0 aliphatic carbocycles. The van der Waals surface area contributed by atoms with Crippen LogP contribution in [0.1, 0.15) is 30.1 Å². The SMILES string of the molecule is COc1cccc(N2CCC[C@H](c3cc(C)[nH]n3)C2)c1[N+](=O)[O-]. The van der Waals surface area contributed by atoms with Gasteiger partial charge in [-0.3, -0.25) is 15.2 Å². The zero-order chi connectivity index (χ0) is 16.4. The van der Waals surface area contributed by atoms with Crippen LogP contribution in [-0.4, -0.2) is 35.3 Å². The predicted molar refractivity (Wildman–Crippen MR) is 87.2 cm³/mol. The van der Waals surface area contributed by atoms with Crippen LogP contribution in [0.25, 0.3) is 0 Å². The third kappa shape index (κ3) is 2.99. The molecule has 2 heterocycles. The average molecular weight is 316 g/mol. The number of nitro benzene ring substituents is 1. The lowest BCUT2D eigenvalue weighted by atomic mass is 9.94. The Morgan fingerprint density at radius 1 is 1.48 bits per heavy atom. The molecule has 0 unspecified atom stereocenters. The number of aromatic amines is 1. The Morgan fingerprint density at radius 2 is 2.30 bits per heavy atom. The molecule has 1 aliphatic rings. The number of benzene rings is 1. The first-order valence-electron chi connectivity index (χ1n) is 7.68. The summed E-state index contributed by atoms with van der Waals surface area (Å²) in [5.74, 6) is 0.574. The Kier molecular flexibility index (Phi) is 4.18. The minimum atomic E-state index is -0.365. The Labute approximate surface area is 134 Å². The molecule has 1 fully saturated rings. The lowest BCUT2D eigenvalue weighted by Gasteiger charge is -2.33. The van der Waals surface area contributed by atoms with Gasteiger partial charge in [-0.1, -0.05) is 6.07 Å². The number of aryl methyl sites for hydroxylation is 1. The van der Waals surface area contributed by atoms with Crippen molar-refractivity contribution in [2.24, 2.45) is 0 Å². The lowest BCUT2D eigenvalue weighted by Crippen LogP contribution is -2.35. The van der Waals surface area contributed by atoms with E-state index in [0.717, 1.165) is 37.3 Å². The Hall–Kier alpha value is -2.57. The molecule has 23 heavy (non-hydrogen) atoms. The van der Waals surface area contributed by atoms with Gasteiger partial charge in [0.15, 0.2) is 5.75 Å². The van der Waals surface area contributed by atoms with Crippen LogP contribution in [0.3, 0.4) is 0 Å². The molecule has 1 atom stereocenters. The molecule has 0 bridgehead atoms. The summed E-state index contributed by atoms with van der Waals surface area (Å²) in [6.07, 6.45) is 2.02. The van der Waals surface area contributed by atoms with Gasteiger partial charge in [-0.05, 0) is 38.0 Å². The molecule has 2 aromatic rings. The second-order valence-electron chi connectivity index (χ2n) is 5.85. The van der Waals surface area contributed by atoms with Gasteiger partial charge in [0.05, 0.1) is 17.7 Å². The highest BCUT2D eigenvalue weighted by Gasteiger charge is 2.29. The van der Waals surface area contributed by atoms with Crippen LogP contribution in [0.4, 0.5) is 11.4 Å². The number of H-pyrrole nitrogens is 1. The number of rotatable bonds is 4. The van der Waals surface area contributed by atoms with E-state index in [0.29, 0.717) is 11.4 Å². The van der Waals surface area contributed by atoms with E-state index in [2.05, 4.69) is 15.1 Å². The number of ether oxygens (including phenoxy) is 1. The minimum Gasteiger partial charge on any atom is -0.490 e. The standard InChI is InChI=1S/C16H20N4O3/c1-11-9-13(18-17-11)12-5-4-8-19(10-12)14-6-3-7-15(23-2)16(14)20(21)22/h3,6-7,9,12H,4-5,8,10H2,1-2H3,(H,17,18)/t12-/m0/s1. The maximum atomic E-state index is 11.5. The second-order valence-corrected chi connectivity index (χ2v) is 5.85. The molecular formula is C16H20N4O3. The van der Waals surface area contributed by atoms with Gasteiger partial charge in [0.1, 0.15) is 5.69 Å². The van der Waals surface area contributed by atoms with Crippen molar-refractivity contribution in [1.82, 2.24) is 10.2 Å². The maximum absolute atomic E-state index is 11.5. The number of aromatic nitrogens is 2. The molecule has 0 radical (unpaired) electrons. The van der Waals surface area contributed by atoms with Crippen molar-refractivity contribution in [1.29, 1.82) is 0 Å². The van der Waals surface area contributed by atoms with Crippen LogP contribution in [0.5, 0.6) is 5.75 Å². The summed E-state index contributed by atoms with van der Waals surface area (Å²) in [5.41, 5.74) is 2.71. The number of nitrogens with zero attached hydrogens (tertiary/aromatic N) is 3. The fourth-order valence-electron chi connectivity index (χ4n) is 3.20. The van der Waals surface area contributed by atoms with E-state index in [-0.39, 0.29) is 16.5 Å². The van der Waals surface area contributed by atoms with Crippen molar-refractivity contribution in [3.05, 3.63) is 45.8 Å². The van der Waals surface area contributed by atoms with Gasteiger partial charge >= 0.3 is 5.69 Å². The largest absolute Gasteiger partial charge is 0.490 e. The molecule has 1 aliphatic heterocycles. The van der Waals surface area contributed by atoms with E-state index < -0.39 is 0 Å². The van der Waals surface area contributed by atoms with Gasteiger partial charge in [0, 0.05) is 24.7 Å². The van der Waals surface area contributed by atoms with Gasteiger partial charge in [0.2, 0.25) is 0 Å². The van der Waals surface area contributed by atoms with Gasteiger partial charge < -0.3 is 9.64 Å². The monoisotopic (exact) mass is 316 g/mol. The smallest absolute Gasteiger partial charge is 0.333 e. The number of hydrogen-bond donors (Lipinski definition) is 1. The summed E-state index contributed by atoms with van der Waals surface area (Å²) in [5, 5.41) is 18.8. The summed E-state index contributed by atoms with van der Waals surface area (Å²) >= 11 is 0. The van der Waals surface area contributed by atoms with Gasteiger partial charge in [-0.2, -0.15) is 5.10 Å². The number of nitrogens with one attached hydrogen (secondary N) is 1. The minimum absolute atomic E-state index is 0.0360. The topological polar surface area (TPSA) is 84.3 Å². The second kappa shape index (κ2) is 6.28. The van der Waals surface area contributed by atoms with Crippen molar-refractivity contribution in [3.8, 4) is 5.75 Å². The molecule has 0 amide bonds. The fraction of sp³-hybridized carbons (Fsp3) is 0.438. The van der Waals surface area contributed by atoms with Crippen LogP contribution in [0, 0.1) is 17.0 Å². The van der Waals surface area contributed by atoms with Gasteiger partial charge in [-0.15, -0.1) is 0 Å². The molecule has 0 saturated carbocycles. The molecule has 0 spiro atoms. The van der Waals surface area contributed by atoms with E-state index in [9.17, 15) is 10.1 Å². The van der Waals surface area contributed by atoms with Gasteiger partial charge in [0.25, 0.3) is 0 Å². The maximum Gasteiger partial charge on any atom is 0.333 e. The fourth-order valence-corrected chi connectivity index (χ4v) is 3.20. The molecule has 7 nitrogen and oxygen atoms in total. The van der Waals surface area contributed by atoms with Crippen molar-refractivity contribution in [2.45, 2.75) is 25.7 Å². The highest BCUT2D eigenvalue weighted by Crippen LogP contribution is 2.39. The predicted octanol–water partition coefficient (Wildman–Crippen LogP) is 3.02. The Morgan fingerprint density at radius 3 is 2.96 bits per heavy atom. The van der Waals surface area contributed by atoms with Crippen molar-refractivity contribution in [2.75, 3.05) is 25.1 Å². The molecule has 122 valence electrons. The van der Waals surface area contributed by atoms with E-state index >= 15 is 0 Å². The molecule has 1 N–H and O–H groups in total. The van der Waals surface area contributed by atoms with Crippen LogP contribution in [0.15, 0.2) is 24.3 Å². The summed E-state index contributed by atoms with van der Waals surface area (Å²) in [6.45, 7) is 3.50. The van der Waals surface area contributed by atoms with Crippen LogP contribution < -0.4 is 9.64 Å². The summed E-state index contributed by atoms with van der Waals surface area (Å²) in [6, 6.07) is 7.26. The van der Waals surface area contributed by atoms with Crippen LogP contribution in [0.2, 0.25) is 0 Å². The zero-order valence-electron chi connectivity index (χ0n) is 13.3. The normalized spacial score (nSPS) is 18.0. The van der Waals surface area contributed by atoms with E-state index in [1.807, 2.05) is 13.0 Å². The molecule has 1 saturated heterocycles. The first kappa shape index (κ1) is 15.3. The molecule has 7 heteroatoms. The number of hydrogen-bond acceptors (Lipinski definition) is 5. The average Bonchev–Trinajstić information content (AvgIpc) is 3.00. The molecule has 3 rings (SSSR count). The van der Waals surface area contributed by atoms with Gasteiger partial charge in [-0.25, -0.2) is 0 Å². The number of anilines is 1. The van der Waals surface area contributed by atoms with E-state index in [4.69, 9.17) is 4.74 Å². The molecule has 1 aromatic heterocycles. The van der Waals surface area contributed by atoms with E-state index in [1.165, 1.54) is 7.11 Å². The quantitative estimate of drug-likeness (QED) is 0.692. The number of para-hydroxylation sites is 1. The summed E-state index contributed by atoms with van der Waals surface area (Å²) < 4.78 is 5.17. The highest BCUT2D eigenvalue weighted by molar-refractivity contribution is 5.70. The summed E-state index contributed by atoms with van der Waals surface area (Å²) in [7, 11) is 1.46. The lowest BCUT2D eigenvalue weighted by molar-refractivity contribution is -0.385. The van der Waals surface area contributed by atoms with E-state index in [1.54, 1.807) is 18.2 Å². The molecule has 1 aromatic carbocycles. The number of nitro groups is 1. The Balaban J connectivity index is 1.91. The third-order valence-electron chi connectivity index (χ3n) is 4.29. The van der Waals surface area contributed by atoms with Crippen molar-refractivity contribution < 1.29 is 9.66 Å². The van der Waals surface area contributed by atoms with Crippen LogP contribution >= 0.6 is 0 Å². The number of piperidine rings is 1. The zero-order valence-corrected chi connectivity index (χ0v) is 13.3. The summed E-state index contributed by atoms with van der Waals surface area (Å²) in [4.78, 5) is 13.2. The molecular weight excluding hydrogens is 296 g/mol. The number of methoxy groups -OCH3 is 1. The van der Waals surface area contributed by atoms with Crippen LogP contribution in [-0.2, 0) is 0 Å².